The summed E-state index contributed by atoms with van der Waals surface area (Å²) in [4.78, 5) is 46.8. The third-order valence-electron chi connectivity index (χ3n) is 6.37. The van der Waals surface area contributed by atoms with Crippen LogP contribution in [-0.2, 0) is 17.9 Å². The second-order valence-corrected chi connectivity index (χ2v) is 10.4. The number of nitrogens with two attached hydrogens (primary N) is 1. The first-order chi connectivity index (χ1) is 16.6. The fourth-order valence-electron chi connectivity index (χ4n) is 4.55. The predicted octanol–water partition coefficient (Wildman–Crippen LogP) is 1.89. The van der Waals surface area contributed by atoms with Crippen molar-refractivity contribution < 1.29 is 4.79 Å². The fraction of sp³-hybridized carbons (Fsp3) is 0.577. The molecule has 9 nitrogen and oxygen atoms in total. The highest BCUT2D eigenvalue weighted by molar-refractivity contribution is 5.82. The van der Waals surface area contributed by atoms with Crippen LogP contribution < -0.4 is 21.9 Å². The molecule has 0 radical (unpaired) electrons. The van der Waals surface area contributed by atoms with E-state index in [9.17, 15) is 14.4 Å². The molecule has 9 heteroatoms. The number of H-pyrrole nitrogens is 1. The number of amides is 1. The number of carbonyl (C=O) groups is 1. The van der Waals surface area contributed by atoms with Gasteiger partial charge in [0.1, 0.15) is 11.5 Å². The van der Waals surface area contributed by atoms with Crippen LogP contribution in [-0.4, -0.2) is 64.5 Å². The molecule has 3 rings (SSSR count). The number of benzene rings is 1. The van der Waals surface area contributed by atoms with Gasteiger partial charge in [0, 0.05) is 45.8 Å². The molecule has 0 bridgehead atoms. The predicted molar refractivity (Wildman–Crippen MR) is 141 cm³/mol. The summed E-state index contributed by atoms with van der Waals surface area (Å²) in [6.07, 6.45) is 0. The molecule has 35 heavy (non-hydrogen) atoms. The van der Waals surface area contributed by atoms with Gasteiger partial charge in [0.05, 0.1) is 6.54 Å². The first kappa shape index (κ1) is 26.5. The van der Waals surface area contributed by atoms with Crippen LogP contribution in [0.2, 0.25) is 0 Å². The molecule has 1 aromatic heterocycles. The Morgan fingerprint density at radius 3 is 2.31 bits per heavy atom. The first-order valence-electron chi connectivity index (χ1n) is 12.5. The van der Waals surface area contributed by atoms with Crippen LogP contribution in [0, 0.1) is 18.8 Å². The zero-order valence-electron chi connectivity index (χ0n) is 21.7. The molecule has 0 atom stereocenters. The molecule has 1 aromatic carbocycles. The van der Waals surface area contributed by atoms with Crippen LogP contribution in [0.15, 0.2) is 33.9 Å². The van der Waals surface area contributed by atoms with E-state index < -0.39 is 11.2 Å². The van der Waals surface area contributed by atoms with Gasteiger partial charge in [-0.05, 0) is 29.9 Å². The Morgan fingerprint density at radius 1 is 1.06 bits per heavy atom. The SMILES string of the molecule is Cc1ccccc1CN1CCN(C(=O)CN(CC(C)C)c2c(N)n(CC(C)C)c(=O)[nH]c2=O)CC1. The van der Waals surface area contributed by atoms with Gasteiger partial charge in [0.25, 0.3) is 5.56 Å². The summed E-state index contributed by atoms with van der Waals surface area (Å²) >= 11 is 0. The van der Waals surface area contributed by atoms with E-state index in [0.29, 0.717) is 26.2 Å². The summed E-state index contributed by atoms with van der Waals surface area (Å²) in [5.74, 6) is 0.438. The van der Waals surface area contributed by atoms with Crippen LogP contribution in [0.1, 0.15) is 38.8 Å². The Bertz CT molecular complexity index is 1130. The van der Waals surface area contributed by atoms with Crippen molar-refractivity contribution >= 4 is 17.4 Å². The zero-order chi connectivity index (χ0) is 25.7. The van der Waals surface area contributed by atoms with Crippen molar-refractivity contribution in [3.63, 3.8) is 0 Å². The third kappa shape index (κ3) is 6.75. The molecule has 1 saturated heterocycles. The number of aryl methyl sites for hydroxylation is 1. The lowest BCUT2D eigenvalue weighted by molar-refractivity contribution is -0.131. The minimum Gasteiger partial charge on any atom is -0.383 e. The number of rotatable bonds is 9. The number of anilines is 2. The number of nitrogen functional groups attached to an aromatic ring is 1. The first-order valence-corrected chi connectivity index (χ1v) is 12.5. The Balaban J connectivity index is 1.73. The van der Waals surface area contributed by atoms with Crippen LogP contribution in [0.5, 0.6) is 0 Å². The van der Waals surface area contributed by atoms with Crippen molar-refractivity contribution in [2.24, 2.45) is 11.8 Å². The Labute approximate surface area is 207 Å². The number of nitrogens with zero attached hydrogens (tertiary/aromatic N) is 4. The molecule has 1 aliphatic rings. The average Bonchev–Trinajstić information content (AvgIpc) is 2.78. The molecular formula is C26H40N6O3. The Hall–Kier alpha value is -3.07. The molecule has 2 heterocycles. The molecule has 192 valence electrons. The maximum Gasteiger partial charge on any atom is 0.330 e. The molecule has 0 aliphatic carbocycles. The number of piperazine rings is 1. The molecule has 1 fully saturated rings. The van der Waals surface area contributed by atoms with Crippen molar-refractivity contribution in [1.82, 2.24) is 19.4 Å². The number of hydrogen-bond acceptors (Lipinski definition) is 6. The Morgan fingerprint density at radius 2 is 1.71 bits per heavy atom. The highest BCUT2D eigenvalue weighted by Crippen LogP contribution is 2.20. The zero-order valence-corrected chi connectivity index (χ0v) is 21.7. The minimum absolute atomic E-state index is 0.0402. The van der Waals surface area contributed by atoms with E-state index in [1.54, 1.807) is 4.90 Å². The van der Waals surface area contributed by atoms with Crippen molar-refractivity contribution in [3.8, 4) is 0 Å². The lowest BCUT2D eigenvalue weighted by atomic mass is 10.1. The largest absolute Gasteiger partial charge is 0.383 e. The van der Waals surface area contributed by atoms with E-state index in [-0.39, 0.29) is 35.8 Å². The molecule has 1 amide bonds. The standard InChI is InChI=1S/C26H40N6O3/c1-18(2)14-31(23-24(27)32(15-19(3)4)26(35)28-25(23)34)17-22(33)30-12-10-29(11-13-30)16-21-9-7-6-8-20(21)5/h6-9,18-19H,10-17,27H2,1-5H3,(H,28,34,35). The van der Waals surface area contributed by atoms with Crippen molar-refractivity contribution in [1.29, 1.82) is 0 Å². The monoisotopic (exact) mass is 484 g/mol. The van der Waals surface area contributed by atoms with Gasteiger partial charge in [0.15, 0.2) is 0 Å². The minimum atomic E-state index is -0.552. The van der Waals surface area contributed by atoms with Gasteiger partial charge in [-0.1, -0.05) is 52.0 Å². The van der Waals surface area contributed by atoms with E-state index in [2.05, 4.69) is 35.0 Å². The number of nitrogens with one attached hydrogen (secondary N) is 1. The van der Waals surface area contributed by atoms with Gasteiger partial charge in [0.2, 0.25) is 5.91 Å². The molecule has 0 spiro atoms. The number of aromatic nitrogens is 2. The quantitative estimate of drug-likeness (QED) is 0.563. The van der Waals surface area contributed by atoms with E-state index in [0.717, 1.165) is 19.6 Å². The summed E-state index contributed by atoms with van der Waals surface area (Å²) in [5, 5.41) is 0. The molecule has 0 unspecified atom stereocenters. The van der Waals surface area contributed by atoms with Gasteiger partial charge in [-0.15, -0.1) is 0 Å². The van der Waals surface area contributed by atoms with E-state index in [4.69, 9.17) is 5.73 Å². The number of hydrogen-bond donors (Lipinski definition) is 2. The molecule has 3 N–H and O–H groups in total. The lowest BCUT2D eigenvalue weighted by Crippen LogP contribution is -2.52. The molecule has 0 saturated carbocycles. The van der Waals surface area contributed by atoms with E-state index >= 15 is 0 Å². The highest BCUT2D eigenvalue weighted by atomic mass is 16.2. The number of aromatic amines is 1. The second kappa shape index (κ2) is 11.6. The maximum absolute atomic E-state index is 13.3. The lowest BCUT2D eigenvalue weighted by Gasteiger charge is -2.36. The van der Waals surface area contributed by atoms with Crippen molar-refractivity contribution in [2.45, 2.75) is 47.7 Å². The van der Waals surface area contributed by atoms with Gasteiger partial charge < -0.3 is 15.5 Å². The van der Waals surface area contributed by atoms with Gasteiger partial charge >= 0.3 is 5.69 Å². The van der Waals surface area contributed by atoms with Crippen LogP contribution in [0.4, 0.5) is 11.5 Å². The summed E-state index contributed by atoms with van der Waals surface area (Å²) in [5.41, 5.74) is 8.04. The second-order valence-electron chi connectivity index (χ2n) is 10.4. The Kier molecular flexibility index (Phi) is 8.77. The van der Waals surface area contributed by atoms with E-state index in [1.807, 2.05) is 38.7 Å². The van der Waals surface area contributed by atoms with Crippen molar-refractivity contribution in [2.75, 3.05) is 49.9 Å². The number of carbonyl (C=O) groups excluding carboxylic acids is 1. The highest BCUT2D eigenvalue weighted by Gasteiger charge is 2.26. The molecular weight excluding hydrogens is 444 g/mol. The summed E-state index contributed by atoms with van der Waals surface area (Å²) < 4.78 is 1.39. The van der Waals surface area contributed by atoms with E-state index in [1.165, 1.54) is 15.7 Å². The fourth-order valence-corrected chi connectivity index (χ4v) is 4.55. The van der Waals surface area contributed by atoms with Gasteiger partial charge in [-0.2, -0.15) is 0 Å². The molecule has 2 aromatic rings. The third-order valence-corrected chi connectivity index (χ3v) is 6.37. The summed E-state index contributed by atoms with van der Waals surface area (Å²) in [6, 6.07) is 8.38. The maximum atomic E-state index is 13.3. The van der Waals surface area contributed by atoms with Gasteiger partial charge in [-0.25, -0.2) is 4.79 Å². The van der Waals surface area contributed by atoms with Crippen LogP contribution in [0.3, 0.4) is 0 Å². The van der Waals surface area contributed by atoms with Gasteiger partial charge in [-0.3, -0.25) is 24.0 Å². The smallest absolute Gasteiger partial charge is 0.330 e. The topological polar surface area (TPSA) is 108 Å². The molecule has 1 aliphatic heterocycles. The van der Waals surface area contributed by atoms with Crippen molar-refractivity contribution in [3.05, 3.63) is 56.2 Å². The average molecular weight is 485 g/mol. The summed E-state index contributed by atoms with van der Waals surface area (Å²) in [6.45, 7) is 14.8. The summed E-state index contributed by atoms with van der Waals surface area (Å²) in [7, 11) is 0. The van der Waals surface area contributed by atoms with Crippen LogP contribution in [0.25, 0.3) is 0 Å². The normalized spacial score (nSPS) is 14.7. The van der Waals surface area contributed by atoms with Crippen LogP contribution >= 0.6 is 0 Å².